The minimum absolute atomic E-state index is 0.00241. The highest BCUT2D eigenvalue weighted by atomic mass is 32.2. The number of hydrogen-bond donors (Lipinski definition) is 4. The summed E-state index contributed by atoms with van der Waals surface area (Å²) in [5.41, 5.74) is 7.70. The van der Waals surface area contributed by atoms with Crippen molar-refractivity contribution in [1.29, 1.82) is 0 Å². The Kier molecular flexibility index (Phi) is 7.15. The molecule has 3 aromatic carbocycles. The number of rotatable bonds is 8. The van der Waals surface area contributed by atoms with E-state index in [0.717, 1.165) is 0 Å². The van der Waals surface area contributed by atoms with Crippen molar-refractivity contribution in [2.75, 3.05) is 24.3 Å². The van der Waals surface area contributed by atoms with Gasteiger partial charge in [0.15, 0.2) is 0 Å². The first-order valence-corrected chi connectivity index (χ1v) is 10.7. The van der Waals surface area contributed by atoms with Crippen LogP contribution >= 0.6 is 0 Å². The molecule has 0 spiro atoms. The molecule has 11 heteroatoms. The van der Waals surface area contributed by atoms with Crippen molar-refractivity contribution in [3.8, 4) is 5.75 Å². The number of aliphatic hydroxyl groups excluding tert-OH is 1. The summed E-state index contributed by atoms with van der Waals surface area (Å²) >= 11 is 0. The summed E-state index contributed by atoms with van der Waals surface area (Å²) in [4.78, 5) is 12.2. The molecule has 166 valence electrons. The lowest BCUT2D eigenvalue weighted by Crippen LogP contribution is -2.13. The highest BCUT2D eigenvalue weighted by molar-refractivity contribution is 7.85. The van der Waals surface area contributed by atoms with Crippen LogP contribution in [0.15, 0.2) is 81.9 Å². The minimum atomic E-state index is -4.29. The van der Waals surface area contributed by atoms with Gasteiger partial charge in [-0.05, 0) is 60.7 Å². The fraction of sp³-hybridized carbons (Fsp3) is 0.0952. The van der Waals surface area contributed by atoms with E-state index in [-0.39, 0.29) is 29.8 Å². The van der Waals surface area contributed by atoms with Crippen molar-refractivity contribution in [1.82, 2.24) is 0 Å². The van der Waals surface area contributed by atoms with Gasteiger partial charge in [0, 0.05) is 17.3 Å². The number of nitrogens with two attached hydrogens (primary N) is 1. The Morgan fingerprint density at radius 3 is 2.22 bits per heavy atom. The van der Waals surface area contributed by atoms with Crippen LogP contribution in [0, 0.1) is 0 Å². The standard InChI is InChI=1S/C21H20N4O6S/c22-15-3-1-14(2-4-15)21(27)23-19-10-7-17(13-20(19)31-12-11-26)25-24-16-5-8-18(9-6-16)32(28,29)30/h1-10,13,26H,11-12,22H2,(H,23,27)(H,28,29,30). The number of nitrogen functional groups attached to an aromatic ring is 1. The van der Waals surface area contributed by atoms with E-state index in [2.05, 4.69) is 15.5 Å². The van der Waals surface area contributed by atoms with Crippen molar-refractivity contribution in [2.45, 2.75) is 4.90 Å². The van der Waals surface area contributed by atoms with Crippen molar-refractivity contribution in [3.05, 3.63) is 72.3 Å². The molecule has 0 radical (unpaired) electrons. The zero-order valence-corrected chi connectivity index (χ0v) is 17.5. The van der Waals surface area contributed by atoms with Crippen LogP contribution in [0.4, 0.5) is 22.7 Å². The van der Waals surface area contributed by atoms with E-state index in [9.17, 15) is 13.2 Å². The lowest BCUT2D eigenvalue weighted by atomic mass is 10.2. The van der Waals surface area contributed by atoms with Crippen LogP contribution in [-0.4, -0.2) is 37.2 Å². The van der Waals surface area contributed by atoms with Crippen LogP contribution in [0.2, 0.25) is 0 Å². The molecule has 0 atom stereocenters. The third-order valence-electron chi connectivity index (χ3n) is 4.15. The van der Waals surface area contributed by atoms with Crippen molar-refractivity contribution >= 4 is 38.8 Å². The van der Waals surface area contributed by atoms with Gasteiger partial charge < -0.3 is 20.9 Å². The molecule has 3 aromatic rings. The zero-order valence-electron chi connectivity index (χ0n) is 16.7. The second kappa shape index (κ2) is 10.0. The molecule has 0 aromatic heterocycles. The predicted molar refractivity (Wildman–Crippen MR) is 118 cm³/mol. The molecule has 0 heterocycles. The van der Waals surface area contributed by atoms with E-state index in [1.165, 1.54) is 30.3 Å². The van der Waals surface area contributed by atoms with Crippen molar-refractivity contribution < 1.29 is 27.6 Å². The highest BCUT2D eigenvalue weighted by Gasteiger charge is 2.12. The first-order chi connectivity index (χ1) is 15.3. The summed E-state index contributed by atoms with van der Waals surface area (Å²) in [6, 6.07) is 16.3. The molecule has 32 heavy (non-hydrogen) atoms. The number of aliphatic hydroxyl groups is 1. The molecule has 0 saturated heterocycles. The maximum Gasteiger partial charge on any atom is 0.294 e. The third-order valence-corrected chi connectivity index (χ3v) is 5.02. The van der Waals surface area contributed by atoms with Gasteiger partial charge in [-0.1, -0.05) is 0 Å². The summed E-state index contributed by atoms with van der Waals surface area (Å²) in [7, 11) is -4.29. The number of carbonyl (C=O) groups excluding carboxylic acids is 1. The Bertz CT molecular complexity index is 1230. The zero-order chi connectivity index (χ0) is 23.1. The van der Waals surface area contributed by atoms with E-state index in [4.69, 9.17) is 20.1 Å². The van der Waals surface area contributed by atoms with E-state index in [1.54, 1.807) is 36.4 Å². The quantitative estimate of drug-likeness (QED) is 0.229. The summed E-state index contributed by atoms with van der Waals surface area (Å²) in [5.74, 6) is -0.0897. The molecular formula is C21H20N4O6S. The first kappa shape index (κ1) is 22.9. The molecule has 1 amide bonds. The molecule has 0 saturated carbocycles. The summed E-state index contributed by atoms with van der Waals surface area (Å²) in [6.45, 7) is -0.223. The number of hydrogen-bond acceptors (Lipinski definition) is 8. The van der Waals surface area contributed by atoms with E-state index < -0.39 is 10.1 Å². The van der Waals surface area contributed by atoms with Crippen LogP contribution in [0.1, 0.15) is 10.4 Å². The number of carbonyl (C=O) groups is 1. The summed E-state index contributed by atoms with van der Waals surface area (Å²) in [5, 5.41) is 19.9. The average Bonchev–Trinajstić information content (AvgIpc) is 2.77. The van der Waals surface area contributed by atoms with Gasteiger partial charge in [-0.2, -0.15) is 18.6 Å². The Hall–Kier alpha value is -3.80. The van der Waals surface area contributed by atoms with Gasteiger partial charge in [-0.15, -0.1) is 0 Å². The second-order valence-electron chi connectivity index (χ2n) is 6.50. The molecule has 0 aliphatic heterocycles. The van der Waals surface area contributed by atoms with Gasteiger partial charge in [0.25, 0.3) is 16.0 Å². The van der Waals surface area contributed by atoms with Crippen molar-refractivity contribution in [3.63, 3.8) is 0 Å². The number of benzene rings is 3. The van der Waals surface area contributed by atoms with E-state index in [0.29, 0.717) is 28.3 Å². The van der Waals surface area contributed by atoms with Crippen LogP contribution in [0.5, 0.6) is 5.75 Å². The fourth-order valence-corrected chi connectivity index (χ4v) is 3.06. The van der Waals surface area contributed by atoms with E-state index in [1.807, 2.05) is 0 Å². The molecule has 0 bridgehead atoms. The van der Waals surface area contributed by atoms with Crippen molar-refractivity contribution in [2.24, 2.45) is 10.2 Å². The summed E-state index contributed by atoms with van der Waals surface area (Å²) in [6.07, 6.45) is 0. The maximum absolute atomic E-state index is 12.5. The average molecular weight is 456 g/mol. The number of amides is 1. The third kappa shape index (κ3) is 6.11. The Balaban J connectivity index is 1.80. The van der Waals surface area contributed by atoms with Gasteiger partial charge in [-0.25, -0.2) is 0 Å². The molecule has 5 N–H and O–H groups in total. The lowest BCUT2D eigenvalue weighted by molar-refractivity contribution is 0.102. The van der Waals surface area contributed by atoms with Gasteiger partial charge >= 0.3 is 0 Å². The van der Waals surface area contributed by atoms with Crippen LogP contribution in [0.3, 0.4) is 0 Å². The molecule has 3 rings (SSSR count). The molecule has 10 nitrogen and oxygen atoms in total. The minimum Gasteiger partial charge on any atom is -0.489 e. The summed E-state index contributed by atoms with van der Waals surface area (Å²) < 4.78 is 36.7. The monoisotopic (exact) mass is 456 g/mol. The molecule has 0 fully saturated rings. The number of ether oxygens (including phenoxy) is 1. The predicted octanol–water partition coefficient (Wildman–Crippen LogP) is 3.55. The Morgan fingerprint density at radius 2 is 1.59 bits per heavy atom. The Labute approximate surface area is 184 Å². The number of azo groups is 1. The smallest absolute Gasteiger partial charge is 0.294 e. The highest BCUT2D eigenvalue weighted by Crippen LogP contribution is 2.31. The fourth-order valence-electron chi connectivity index (χ4n) is 2.58. The van der Waals surface area contributed by atoms with Gasteiger partial charge in [0.05, 0.1) is 28.6 Å². The largest absolute Gasteiger partial charge is 0.489 e. The Morgan fingerprint density at radius 1 is 0.969 bits per heavy atom. The normalized spacial score (nSPS) is 11.4. The maximum atomic E-state index is 12.5. The molecular weight excluding hydrogens is 436 g/mol. The lowest BCUT2D eigenvalue weighted by Gasteiger charge is -2.12. The first-order valence-electron chi connectivity index (χ1n) is 9.30. The SMILES string of the molecule is Nc1ccc(C(=O)Nc2ccc(N=Nc3ccc(S(=O)(=O)O)cc3)cc2OCCO)cc1. The van der Waals surface area contributed by atoms with Gasteiger partial charge in [0.1, 0.15) is 12.4 Å². The van der Waals surface area contributed by atoms with Crippen LogP contribution < -0.4 is 15.8 Å². The van der Waals surface area contributed by atoms with Crippen LogP contribution in [0.25, 0.3) is 0 Å². The number of nitrogens with zero attached hydrogens (tertiary/aromatic N) is 2. The second-order valence-corrected chi connectivity index (χ2v) is 7.92. The van der Waals surface area contributed by atoms with E-state index >= 15 is 0 Å². The number of anilines is 2. The molecule has 0 aliphatic rings. The van der Waals surface area contributed by atoms with Gasteiger partial charge in [-0.3, -0.25) is 9.35 Å². The molecule has 0 aliphatic carbocycles. The van der Waals surface area contributed by atoms with Crippen LogP contribution in [-0.2, 0) is 10.1 Å². The number of nitrogens with one attached hydrogen (secondary N) is 1. The topological polar surface area (TPSA) is 164 Å². The van der Waals surface area contributed by atoms with Gasteiger partial charge in [0.2, 0.25) is 0 Å². The molecule has 0 unspecified atom stereocenters.